The van der Waals surface area contributed by atoms with Gasteiger partial charge in [-0.1, -0.05) is 13.0 Å². The molecule has 1 aromatic rings. The molecule has 0 aliphatic heterocycles. The van der Waals surface area contributed by atoms with E-state index in [4.69, 9.17) is 10.5 Å². The van der Waals surface area contributed by atoms with Gasteiger partial charge in [0.15, 0.2) is 0 Å². The maximum Gasteiger partial charge on any atom is 0.120 e. The highest BCUT2D eigenvalue weighted by molar-refractivity contribution is 5.49. The van der Waals surface area contributed by atoms with Crippen LogP contribution in [0.1, 0.15) is 19.8 Å². The highest BCUT2D eigenvalue weighted by atomic mass is 16.5. The summed E-state index contributed by atoms with van der Waals surface area (Å²) in [5.41, 5.74) is 7.07. The zero-order chi connectivity index (χ0) is 12.0. The summed E-state index contributed by atoms with van der Waals surface area (Å²) in [7, 11) is 3.77. The molecule has 1 unspecified atom stereocenters. The number of nitrogens with zero attached hydrogens (tertiary/aromatic N) is 1. The molecule has 0 spiro atoms. The van der Waals surface area contributed by atoms with Crippen LogP contribution in [0.3, 0.4) is 0 Å². The van der Waals surface area contributed by atoms with Crippen molar-refractivity contribution in [2.24, 2.45) is 5.73 Å². The van der Waals surface area contributed by atoms with Gasteiger partial charge >= 0.3 is 0 Å². The molecule has 2 N–H and O–H groups in total. The average Bonchev–Trinajstić information content (AvgIpc) is 2.35. The standard InChI is InChI=1S/C13H22N2O/c1-4-11(14)8-9-15(2)12-6-5-7-13(10-12)16-3/h5-7,10-11H,4,8-9,14H2,1-3H3. The first-order valence-electron chi connectivity index (χ1n) is 5.78. The molecule has 0 amide bonds. The van der Waals surface area contributed by atoms with Gasteiger partial charge in [0.2, 0.25) is 0 Å². The molecule has 3 nitrogen and oxygen atoms in total. The first kappa shape index (κ1) is 12.8. The van der Waals surface area contributed by atoms with E-state index in [1.807, 2.05) is 18.2 Å². The normalized spacial score (nSPS) is 12.2. The summed E-state index contributed by atoms with van der Waals surface area (Å²) in [4.78, 5) is 2.21. The highest BCUT2D eigenvalue weighted by Crippen LogP contribution is 2.20. The Morgan fingerprint density at radius 2 is 2.19 bits per heavy atom. The number of hydrogen-bond acceptors (Lipinski definition) is 3. The summed E-state index contributed by atoms with van der Waals surface area (Å²) in [6, 6.07) is 8.38. The van der Waals surface area contributed by atoms with Crippen LogP contribution in [0.25, 0.3) is 0 Å². The van der Waals surface area contributed by atoms with Crippen LogP contribution in [0, 0.1) is 0 Å². The van der Waals surface area contributed by atoms with Crippen molar-refractivity contribution in [3.8, 4) is 5.75 Å². The third kappa shape index (κ3) is 3.74. The van der Waals surface area contributed by atoms with Crippen molar-refractivity contribution in [2.45, 2.75) is 25.8 Å². The van der Waals surface area contributed by atoms with Gasteiger partial charge in [-0.25, -0.2) is 0 Å². The number of hydrogen-bond donors (Lipinski definition) is 1. The van der Waals surface area contributed by atoms with Crippen LogP contribution in [-0.2, 0) is 0 Å². The van der Waals surface area contributed by atoms with Crippen LogP contribution in [-0.4, -0.2) is 26.7 Å². The van der Waals surface area contributed by atoms with Crippen molar-refractivity contribution in [2.75, 3.05) is 25.6 Å². The molecule has 16 heavy (non-hydrogen) atoms. The largest absolute Gasteiger partial charge is 0.497 e. The molecule has 3 heteroatoms. The fraction of sp³-hybridized carbons (Fsp3) is 0.538. The zero-order valence-electron chi connectivity index (χ0n) is 10.4. The second-order valence-electron chi connectivity index (χ2n) is 4.08. The summed E-state index contributed by atoms with van der Waals surface area (Å²) in [5, 5.41) is 0. The van der Waals surface area contributed by atoms with Crippen molar-refractivity contribution < 1.29 is 4.74 Å². The molecule has 0 fully saturated rings. The molecule has 0 aliphatic carbocycles. The summed E-state index contributed by atoms with van der Waals surface area (Å²) >= 11 is 0. The van der Waals surface area contributed by atoms with E-state index >= 15 is 0 Å². The SMILES string of the molecule is CCC(N)CCN(C)c1cccc(OC)c1. The van der Waals surface area contributed by atoms with E-state index in [0.717, 1.165) is 25.1 Å². The molecule has 0 bridgehead atoms. The smallest absolute Gasteiger partial charge is 0.120 e. The van der Waals surface area contributed by atoms with Gasteiger partial charge in [0, 0.05) is 31.4 Å². The molecule has 0 aromatic heterocycles. The second kappa shape index (κ2) is 6.38. The van der Waals surface area contributed by atoms with E-state index in [9.17, 15) is 0 Å². The van der Waals surface area contributed by atoms with Gasteiger partial charge in [-0.2, -0.15) is 0 Å². The number of anilines is 1. The van der Waals surface area contributed by atoms with Crippen molar-refractivity contribution in [3.05, 3.63) is 24.3 Å². The molecule has 0 heterocycles. The van der Waals surface area contributed by atoms with Crippen molar-refractivity contribution in [1.29, 1.82) is 0 Å². The second-order valence-corrected chi connectivity index (χ2v) is 4.08. The molecule has 1 aromatic carbocycles. The summed E-state index contributed by atoms with van der Waals surface area (Å²) in [6.07, 6.45) is 2.05. The van der Waals surface area contributed by atoms with Gasteiger partial charge in [0.25, 0.3) is 0 Å². The van der Waals surface area contributed by atoms with E-state index in [-0.39, 0.29) is 0 Å². The Balaban J connectivity index is 2.54. The van der Waals surface area contributed by atoms with Crippen molar-refractivity contribution in [3.63, 3.8) is 0 Å². The lowest BCUT2D eigenvalue weighted by Gasteiger charge is -2.21. The third-order valence-corrected chi connectivity index (χ3v) is 2.85. The molecule has 0 saturated heterocycles. The first-order valence-corrected chi connectivity index (χ1v) is 5.78. The molecule has 1 atom stereocenters. The van der Waals surface area contributed by atoms with Gasteiger partial charge in [-0.3, -0.25) is 0 Å². The van der Waals surface area contributed by atoms with Crippen LogP contribution in [0.4, 0.5) is 5.69 Å². The summed E-state index contributed by atoms with van der Waals surface area (Å²) in [5.74, 6) is 0.893. The lowest BCUT2D eigenvalue weighted by Crippen LogP contribution is -2.27. The molecule has 0 saturated carbocycles. The molecule has 1 rings (SSSR count). The van der Waals surface area contributed by atoms with Crippen molar-refractivity contribution in [1.82, 2.24) is 0 Å². The fourth-order valence-corrected chi connectivity index (χ4v) is 1.54. The maximum atomic E-state index is 5.90. The Bertz CT molecular complexity index is 315. The lowest BCUT2D eigenvalue weighted by atomic mass is 10.1. The molecule has 90 valence electrons. The Morgan fingerprint density at radius 3 is 2.81 bits per heavy atom. The van der Waals surface area contributed by atoms with Crippen molar-refractivity contribution >= 4 is 5.69 Å². The fourth-order valence-electron chi connectivity index (χ4n) is 1.54. The van der Waals surface area contributed by atoms with Crippen LogP contribution >= 0.6 is 0 Å². The number of ether oxygens (including phenoxy) is 1. The Morgan fingerprint density at radius 1 is 1.44 bits per heavy atom. The van der Waals surface area contributed by atoms with E-state index in [1.54, 1.807) is 7.11 Å². The monoisotopic (exact) mass is 222 g/mol. The summed E-state index contributed by atoms with van der Waals surface area (Å²) in [6.45, 7) is 3.10. The quantitative estimate of drug-likeness (QED) is 0.802. The highest BCUT2D eigenvalue weighted by Gasteiger charge is 2.04. The van der Waals surface area contributed by atoms with Crippen LogP contribution in [0.5, 0.6) is 5.75 Å². The maximum absolute atomic E-state index is 5.90. The number of nitrogens with two attached hydrogens (primary N) is 1. The van der Waals surface area contributed by atoms with Gasteiger partial charge in [-0.05, 0) is 25.0 Å². The Kier molecular flexibility index (Phi) is 5.12. The number of methoxy groups -OCH3 is 1. The Labute approximate surface area is 98.2 Å². The molecular formula is C13H22N2O. The first-order chi connectivity index (χ1) is 7.67. The Hall–Kier alpha value is -1.22. The van der Waals surface area contributed by atoms with Crippen LogP contribution < -0.4 is 15.4 Å². The number of rotatable bonds is 6. The minimum absolute atomic E-state index is 0.299. The zero-order valence-corrected chi connectivity index (χ0v) is 10.4. The van der Waals surface area contributed by atoms with Gasteiger partial charge < -0.3 is 15.4 Å². The van der Waals surface area contributed by atoms with Crippen LogP contribution in [0.2, 0.25) is 0 Å². The van der Waals surface area contributed by atoms with Gasteiger partial charge in [0.05, 0.1) is 7.11 Å². The van der Waals surface area contributed by atoms with Gasteiger partial charge in [0.1, 0.15) is 5.75 Å². The lowest BCUT2D eigenvalue weighted by molar-refractivity contribution is 0.415. The van der Waals surface area contributed by atoms with E-state index in [1.165, 1.54) is 5.69 Å². The molecule has 0 aliphatic rings. The van der Waals surface area contributed by atoms with Gasteiger partial charge in [-0.15, -0.1) is 0 Å². The minimum Gasteiger partial charge on any atom is -0.497 e. The molecule has 0 radical (unpaired) electrons. The number of benzene rings is 1. The van der Waals surface area contributed by atoms with E-state index in [0.29, 0.717) is 6.04 Å². The minimum atomic E-state index is 0.299. The van der Waals surface area contributed by atoms with Crippen LogP contribution in [0.15, 0.2) is 24.3 Å². The molecular weight excluding hydrogens is 200 g/mol. The van der Waals surface area contributed by atoms with E-state index in [2.05, 4.69) is 24.9 Å². The third-order valence-electron chi connectivity index (χ3n) is 2.85. The van der Waals surface area contributed by atoms with E-state index < -0.39 is 0 Å². The average molecular weight is 222 g/mol. The predicted octanol–water partition coefficient (Wildman–Crippen LogP) is 2.26. The summed E-state index contributed by atoms with van der Waals surface area (Å²) < 4.78 is 5.20. The topological polar surface area (TPSA) is 38.5 Å². The predicted molar refractivity (Wildman–Crippen MR) is 69.1 cm³/mol.